The highest BCUT2D eigenvalue weighted by molar-refractivity contribution is 9.10. The highest BCUT2D eigenvalue weighted by atomic mass is 79.9. The Morgan fingerprint density at radius 3 is 2.19 bits per heavy atom. The van der Waals surface area contributed by atoms with Crippen LogP contribution in [0.25, 0.3) is 0 Å². The minimum atomic E-state index is -4.34. The molecule has 0 radical (unpaired) electrons. The number of methoxy groups -OCH3 is 1. The summed E-state index contributed by atoms with van der Waals surface area (Å²) in [6.07, 6.45) is -4.34. The number of rotatable bonds is 4. The summed E-state index contributed by atoms with van der Waals surface area (Å²) in [5.41, 5.74) is 0.145. The van der Waals surface area contributed by atoms with Crippen LogP contribution in [-0.4, -0.2) is 7.11 Å². The van der Waals surface area contributed by atoms with Crippen LogP contribution in [0.4, 0.5) is 13.2 Å². The molecule has 0 bridgehead atoms. The van der Waals surface area contributed by atoms with E-state index in [1.165, 1.54) is 12.1 Å². The van der Waals surface area contributed by atoms with Gasteiger partial charge in [0.1, 0.15) is 18.1 Å². The van der Waals surface area contributed by atoms with Crippen molar-refractivity contribution in [1.29, 1.82) is 0 Å². The van der Waals surface area contributed by atoms with E-state index in [1.54, 1.807) is 19.2 Å². The Labute approximate surface area is 128 Å². The maximum atomic E-state index is 12.4. The maximum Gasteiger partial charge on any atom is 0.416 e. The number of hydrogen-bond acceptors (Lipinski definition) is 2. The van der Waals surface area contributed by atoms with Crippen LogP contribution in [0.1, 0.15) is 11.1 Å². The third-order valence-corrected chi connectivity index (χ3v) is 3.60. The van der Waals surface area contributed by atoms with Crippen molar-refractivity contribution in [2.45, 2.75) is 12.8 Å². The molecule has 0 aliphatic carbocycles. The normalized spacial score (nSPS) is 11.3. The lowest BCUT2D eigenvalue weighted by molar-refractivity contribution is -0.137. The molecular weight excluding hydrogens is 349 g/mol. The molecule has 0 atom stereocenters. The molecule has 21 heavy (non-hydrogen) atoms. The first-order valence-corrected chi connectivity index (χ1v) is 6.82. The molecule has 0 heterocycles. The molecule has 2 aromatic rings. The average Bonchev–Trinajstić information content (AvgIpc) is 2.46. The monoisotopic (exact) mass is 360 g/mol. The molecule has 6 heteroatoms. The lowest BCUT2D eigenvalue weighted by Gasteiger charge is -2.11. The van der Waals surface area contributed by atoms with Crippen molar-refractivity contribution >= 4 is 15.9 Å². The number of halogens is 4. The van der Waals surface area contributed by atoms with Gasteiger partial charge in [0.05, 0.1) is 12.7 Å². The third-order valence-electron chi connectivity index (χ3n) is 2.83. The maximum absolute atomic E-state index is 12.4. The summed E-state index contributed by atoms with van der Waals surface area (Å²) in [5, 5.41) is 0. The molecule has 2 rings (SSSR count). The fourth-order valence-corrected chi connectivity index (χ4v) is 2.05. The van der Waals surface area contributed by atoms with E-state index < -0.39 is 11.7 Å². The van der Waals surface area contributed by atoms with E-state index in [2.05, 4.69) is 15.9 Å². The standard InChI is InChI=1S/C15H12BrF3O2/c1-20-13-6-7-14(16)10(8-13)9-21-12-4-2-11(3-5-12)15(17,18)19/h2-8H,9H2,1H3. The van der Waals surface area contributed by atoms with Gasteiger partial charge in [-0.25, -0.2) is 0 Å². The molecular formula is C15H12BrF3O2. The minimum absolute atomic E-state index is 0.225. The number of alkyl halides is 3. The Bertz CT molecular complexity index is 609. The van der Waals surface area contributed by atoms with Gasteiger partial charge in [-0.05, 0) is 42.5 Å². The van der Waals surface area contributed by atoms with Crippen LogP contribution in [0.3, 0.4) is 0 Å². The van der Waals surface area contributed by atoms with Crippen LogP contribution >= 0.6 is 15.9 Å². The van der Waals surface area contributed by atoms with Crippen LogP contribution in [0.2, 0.25) is 0 Å². The Balaban J connectivity index is 2.06. The molecule has 0 spiro atoms. The van der Waals surface area contributed by atoms with E-state index in [9.17, 15) is 13.2 Å². The number of benzene rings is 2. The molecule has 0 amide bonds. The van der Waals surface area contributed by atoms with E-state index in [0.717, 1.165) is 22.2 Å². The second-order valence-electron chi connectivity index (χ2n) is 4.27. The smallest absolute Gasteiger partial charge is 0.416 e. The fraction of sp³-hybridized carbons (Fsp3) is 0.200. The van der Waals surface area contributed by atoms with Crippen LogP contribution < -0.4 is 9.47 Å². The van der Waals surface area contributed by atoms with Gasteiger partial charge in [-0.15, -0.1) is 0 Å². The predicted molar refractivity (Wildman–Crippen MR) is 76.5 cm³/mol. The van der Waals surface area contributed by atoms with Gasteiger partial charge in [-0.2, -0.15) is 13.2 Å². The van der Waals surface area contributed by atoms with Crippen LogP contribution in [0, 0.1) is 0 Å². The van der Waals surface area contributed by atoms with Gasteiger partial charge in [0, 0.05) is 10.0 Å². The van der Waals surface area contributed by atoms with Gasteiger partial charge in [0.25, 0.3) is 0 Å². The molecule has 0 unspecified atom stereocenters. The Kier molecular flexibility index (Phi) is 4.77. The van der Waals surface area contributed by atoms with Gasteiger partial charge in [-0.1, -0.05) is 15.9 Å². The zero-order valence-corrected chi connectivity index (χ0v) is 12.7. The van der Waals surface area contributed by atoms with Gasteiger partial charge in [-0.3, -0.25) is 0 Å². The zero-order valence-electron chi connectivity index (χ0n) is 11.1. The van der Waals surface area contributed by atoms with E-state index in [1.807, 2.05) is 6.07 Å². The second-order valence-corrected chi connectivity index (χ2v) is 5.12. The lowest BCUT2D eigenvalue weighted by Crippen LogP contribution is -2.04. The first-order valence-electron chi connectivity index (χ1n) is 6.02. The molecule has 0 aliphatic rings. The molecule has 0 saturated carbocycles. The van der Waals surface area contributed by atoms with E-state index >= 15 is 0 Å². The largest absolute Gasteiger partial charge is 0.497 e. The first-order chi connectivity index (χ1) is 9.90. The predicted octanol–water partition coefficient (Wildman–Crippen LogP) is 5.06. The lowest BCUT2D eigenvalue weighted by atomic mass is 10.2. The van der Waals surface area contributed by atoms with Crippen molar-refractivity contribution in [3.8, 4) is 11.5 Å². The van der Waals surface area contributed by atoms with Crippen molar-refractivity contribution < 1.29 is 22.6 Å². The van der Waals surface area contributed by atoms with E-state index in [-0.39, 0.29) is 6.61 Å². The summed E-state index contributed by atoms with van der Waals surface area (Å²) in [6, 6.07) is 10.0. The van der Waals surface area contributed by atoms with Crippen molar-refractivity contribution in [3.05, 3.63) is 58.1 Å². The quantitative estimate of drug-likeness (QED) is 0.758. The number of ether oxygens (including phenoxy) is 2. The molecule has 0 N–H and O–H groups in total. The topological polar surface area (TPSA) is 18.5 Å². The van der Waals surface area contributed by atoms with Crippen molar-refractivity contribution in [1.82, 2.24) is 0 Å². The minimum Gasteiger partial charge on any atom is -0.497 e. The molecule has 0 aromatic heterocycles. The van der Waals surface area contributed by atoms with Crippen molar-refractivity contribution in [2.75, 3.05) is 7.11 Å². The van der Waals surface area contributed by atoms with E-state index in [4.69, 9.17) is 9.47 Å². The highest BCUT2D eigenvalue weighted by Gasteiger charge is 2.29. The second kappa shape index (κ2) is 6.39. The summed E-state index contributed by atoms with van der Waals surface area (Å²) in [4.78, 5) is 0. The summed E-state index contributed by atoms with van der Waals surface area (Å²) >= 11 is 3.39. The molecule has 0 fully saturated rings. The fourth-order valence-electron chi connectivity index (χ4n) is 1.69. The summed E-state index contributed by atoms with van der Waals surface area (Å²) < 4.78 is 48.8. The molecule has 2 nitrogen and oxygen atoms in total. The third kappa shape index (κ3) is 4.14. The Morgan fingerprint density at radius 2 is 1.62 bits per heavy atom. The van der Waals surface area contributed by atoms with Crippen molar-refractivity contribution in [2.24, 2.45) is 0 Å². The summed E-state index contributed by atoms with van der Waals surface area (Å²) in [7, 11) is 1.56. The van der Waals surface area contributed by atoms with Gasteiger partial charge < -0.3 is 9.47 Å². The molecule has 0 saturated heterocycles. The average molecular weight is 361 g/mol. The van der Waals surface area contributed by atoms with Crippen molar-refractivity contribution in [3.63, 3.8) is 0 Å². The van der Waals surface area contributed by atoms with Gasteiger partial charge in [0.15, 0.2) is 0 Å². The van der Waals surface area contributed by atoms with Crippen LogP contribution in [-0.2, 0) is 12.8 Å². The molecule has 112 valence electrons. The van der Waals surface area contributed by atoms with Gasteiger partial charge >= 0.3 is 6.18 Å². The van der Waals surface area contributed by atoms with Crippen LogP contribution in [0.5, 0.6) is 11.5 Å². The van der Waals surface area contributed by atoms with Gasteiger partial charge in [0.2, 0.25) is 0 Å². The SMILES string of the molecule is COc1ccc(Br)c(COc2ccc(C(F)(F)F)cc2)c1. The number of hydrogen-bond donors (Lipinski definition) is 0. The van der Waals surface area contributed by atoms with E-state index in [0.29, 0.717) is 11.5 Å². The summed E-state index contributed by atoms with van der Waals surface area (Å²) in [5.74, 6) is 1.06. The molecule has 2 aromatic carbocycles. The molecule has 0 aliphatic heterocycles. The Morgan fingerprint density at radius 1 is 1.00 bits per heavy atom. The van der Waals surface area contributed by atoms with Crippen LogP contribution in [0.15, 0.2) is 46.9 Å². The zero-order chi connectivity index (χ0) is 15.5. The highest BCUT2D eigenvalue weighted by Crippen LogP contribution is 2.30. The Hall–Kier alpha value is -1.69. The first kappa shape index (κ1) is 15.7. The summed E-state index contributed by atoms with van der Waals surface area (Å²) in [6.45, 7) is 0.225.